The molecular weight excluding hydrogens is 240 g/mol. The highest BCUT2D eigenvalue weighted by Crippen LogP contribution is 2.20. The van der Waals surface area contributed by atoms with Crippen LogP contribution in [0, 0.1) is 6.92 Å². The van der Waals surface area contributed by atoms with Gasteiger partial charge in [0.1, 0.15) is 0 Å². The van der Waals surface area contributed by atoms with Crippen LogP contribution in [0.5, 0.6) is 0 Å². The molecule has 0 unspecified atom stereocenters. The minimum absolute atomic E-state index is 0.186. The maximum absolute atomic E-state index is 5.85. The summed E-state index contributed by atoms with van der Waals surface area (Å²) in [4.78, 5) is 8.01. The van der Waals surface area contributed by atoms with Crippen molar-refractivity contribution in [2.45, 2.75) is 13.5 Å². The summed E-state index contributed by atoms with van der Waals surface area (Å²) < 4.78 is 1.73. The van der Waals surface area contributed by atoms with Crippen molar-refractivity contribution in [2.75, 3.05) is 11.1 Å². The van der Waals surface area contributed by atoms with E-state index in [9.17, 15) is 0 Å². The Morgan fingerprint density at radius 1 is 1.47 bits per heavy atom. The standard InChI is InChI=1S/C10H13ClN6/c1-6-8(12)9(16-10(11)15-6)13-3-7-4-14-17(2)5-7/h4-5H,3,12H2,1-2H3,(H,13,15,16). The van der Waals surface area contributed by atoms with Crippen molar-refractivity contribution in [2.24, 2.45) is 7.05 Å². The summed E-state index contributed by atoms with van der Waals surface area (Å²) in [6.45, 7) is 2.38. The summed E-state index contributed by atoms with van der Waals surface area (Å²) in [6.07, 6.45) is 3.69. The summed E-state index contributed by atoms with van der Waals surface area (Å²) in [6, 6.07) is 0. The van der Waals surface area contributed by atoms with Gasteiger partial charge >= 0.3 is 0 Å². The average Bonchev–Trinajstić information content (AvgIpc) is 2.67. The van der Waals surface area contributed by atoms with Crippen molar-refractivity contribution in [3.05, 3.63) is 28.9 Å². The number of nitrogens with two attached hydrogens (primary N) is 1. The second-order valence-electron chi connectivity index (χ2n) is 3.72. The predicted molar refractivity (Wildman–Crippen MR) is 66.7 cm³/mol. The van der Waals surface area contributed by atoms with E-state index < -0.39 is 0 Å². The van der Waals surface area contributed by atoms with Gasteiger partial charge in [-0.1, -0.05) is 0 Å². The minimum Gasteiger partial charge on any atom is -0.394 e. The molecule has 7 heteroatoms. The number of halogens is 1. The van der Waals surface area contributed by atoms with Crippen molar-refractivity contribution >= 4 is 23.1 Å². The quantitative estimate of drug-likeness (QED) is 0.807. The van der Waals surface area contributed by atoms with Crippen LogP contribution in [-0.2, 0) is 13.6 Å². The van der Waals surface area contributed by atoms with E-state index in [2.05, 4.69) is 20.4 Å². The van der Waals surface area contributed by atoms with E-state index >= 15 is 0 Å². The van der Waals surface area contributed by atoms with Crippen molar-refractivity contribution < 1.29 is 0 Å². The number of nitrogens with zero attached hydrogens (tertiary/aromatic N) is 4. The van der Waals surface area contributed by atoms with Gasteiger partial charge in [0.05, 0.1) is 17.6 Å². The SMILES string of the molecule is Cc1nc(Cl)nc(NCc2cnn(C)c2)c1N. The third kappa shape index (κ3) is 2.65. The molecule has 0 amide bonds. The summed E-state index contributed by atoms with van der Waals surface area (Å²) >= 11 is 5.77. The van der Waals surface area contributed by atoms with E-state index in [-0.39, 0.29) is 5.28 Å². The smallest absolute Gasteiger partial charge is 0.224 e. The monoisotopic (exact) mass is 252 g/mol. The first-order chi connectivity index (χ1) is 8.06. The van der Waals surface area contributed by atoms with Crippen molar-refractivity contribution in [3.8, 4) is 0 Å². The third-order valence-electron chi connectivity index (χ3n) is 2.33. The number of nitrogen functional groups attached to an aromatic ring is 1. The summed E-state index contributed by atoms with van der Waals surface area (Å²) in [5.74, 6) is 0.548. The van der Waals surface area contributed by atoms with Crippen LogP contribution in [0.25, 0.3) is 0 Å². The lowest BCUT2D eigenvalue weighted by Gasteiger charge is -2.09. The van der Waals surface area contributed by atoms with Gasteiger partial charge in [-0.05, 0) is 18.5 Å². The molecule has 0 saturated carbocycles. The molecule has 90 valence electrons. The van der Waals surface area contributed by atoms with E-state index in [1.807, 2.05) is 13.2 Å². The zero-order valence-electron chi connectivity index (χ0n) is 9.61. The van der Waals surface area contributed by atoms with Crippen LogP contribution in [0.15, 0.2) is 12.4 Å². The molecule has 3 N–H and O–H groups in total. The van der Waals surface area contributed by atoms with E-state index in [4.69, 9.17) is 17.3 Å². The molecule has 2 heterocycles. The Morgan fingerprint density at radius 3 is 2.88 bits per heavy atom. The number of rotatable bonds is 3. The number of hydrogen-bond acceptors (Lipinski definition) is 5. The van der Waals surface area contributed by atoms with Crippen molar-refractivity contribution in [1.29, 1.82) is 0 Å². The van der Waals surface area contributed by atoms with E-state index in [1.165, 1.54) is 0 Å². The topological polar surface area (TPSA) is 81.7 Å². The van der Waals surface area contributed by atoms with Gasteiger partial charge in [-0.3, -0.25) is 4.68 Å². The van der Waals surface area contributed by atoms with Crippen LogP contribution < -0.4 is 11.1 Å². The fourth-order valence-electron chi connectivity index (χ4n) is 1.43. The molecule has 0 aliphatic heterocycles. The number of aryl methyl sites for hydroxylation is 2. The Labute approximate surface area is 104 Å². The molecule has 0 atom stereocenters. The highest BCUT2D eigenvalue weighted by molar-refractivity contribution is 6.28. The van der Waals surface area contributed by atoms with E-state index in [0.29, 0.717) is 23.7 Å². The molecule has 0 radical (unpaired) electrons. The molecule has 0 spiro atoms. The lowest BCUT2D eigenvalue weighted by molar-refractivity contribution is 0.767. The molecule has 0 bridgehead atoms. The molecule has 2 aromatic rings. The highest BCUT2D eigenvalue weighted by Gasteiger charge is 2.07. The van der Waals surface area contributed by atoms with Gasteiger partial charge in [-0.25, -0.2) is 4.98 Å². The predicted octanol–water partition coefficient (Wildman–Crippen LogP) is 1.37. The highest BCUT2D eigenvalue weighted by atomic mass is 35.5. The third-order valence-corrected chi connectivity index (χ3v) is 2.50. The Bertz CT molecular complexity index is 536. The first-order valence-corrected chi connectivity index (χ1v) is 5.45. The van der Waals surface area contributed by atoms with Crippen LogP contribution in [-0.4, -0.2) is 19.7 Å². The number of hydrogen-bond donors (Lipinski definition) is 2. The molecule has 0 aliphatic carbocycles. The Morgan fingerprint density at radius 2 is 2.24 bits per heavy atom. The second kappa shape index (κ2) is 4.58. The Kier molecular flexibility index (Phi) is 3.14. The van der Waals surface area contributed by atoms with Gasteiger partial charge in [-0.15, -0.1) is 0 Å². The van der Waals surface area contributed by atoms with Crippen molar-refractivity contribution in [3.63, 3.8) is 0 Å². The average molecular weight is 253 g/mol. The molecule has 0 aromatic carbocycles. The molecule has 2 rings (SSSR count). The minimum atomic E-state index is 0.186. The Balaban J connectivity index is 2.14. The van der Waals surface area contributed by atoms with Gasteiger partial charge in [0.2, 0.25) is 5.28 Å². The normalized spacial score (nSPS) is 10.5. The van der Waals surface area contributed by atoms with Gasteiger partial charge in [0.25, 0.3) is 0 Å². The summed E-state index contributed by atoms with van der Waals surface area (Å²) in [5.41, 5.74) is 8.07. The zero-order valence-corrected chi connectivity index (χ0v) is 10.4. The summed E-state index contributed by atoms with van der Waals surface area (Å²) in [5, 5.41) is 7.37. The molecular formula is C10H13ClN6. The van der Waals surface area contributed by atoms with Crippen molar-refractivity contribution in [1.82, 2.24) is 19.7 Å². The fraction of sp³-hybridized carbons (Fsp3) is 0.300. The van der Waals surface area contributed by atoms with Crippen LogP contribution in [0.3, 0.4) is 0 Å². The number of aromatic nitrogens is 4. The van der Waals surface area contributed by atoms with Gasteiger partial charge in [0, 0.05) is 25.4 Å². The molecule has 0 saturated heterocycles. The fourth-order valence-corrected chi connectivity index (χ4v) is 1.64. The second-order valence-corrected chi connectivity index (χ2v) is 4.05. The lowest BCUT2D eigenvalue weighted by Crippen LogP contribution is -2.07. The first-order valence-electron chi connectivity index (χ1n) is 5.07. The first kappa shape index (κ1) is 11.7. The van der Waals surface area contributed by atoms with Gasteiger partial charge in [-0.2, -0.15) is 10.1 Å². The number of nitrogens with one attached hydrogen (secondary N) is 1. The Hall–Kier alpha value is -1.82. The van der Waals surface area contributed by atoms with E-state index in [0.717, 1.165) is 5.56 Å². The molecule has 0 fully saturated rings. The van der Waals surface area contributed by atoms with Gasteiger partial charge in [0.15, 0.2) is 5.82 Å². The summed E-state index contributed by atoms with van der Waals surface area (Å²) in [7, 11) is 1.86. The molecule has 6 nitrogen and oxygen atoms in total. The van der Waals surface area contributed by atoms with Crippen LogP contribution in [0.1, 0.15) is 11.3 Å². The van der Waals surface area contributed by atoms with Gasteiger partial charge < -0.3 is 11.1 Å². The maximum Gasteiger partial charge on any atom is 0.224 e. The van der Waals surface area contributed by atoms with Crippen LogP contribution in [0.2, 0.25) is 5.28 Å². The van der Waals surface area contributed by atoms with E-state index in [1.54, 1.807) is 17.8 Å². The molecule has 17 heavy (non-hydrogen) atoms. The van der Waals surface area contributed by atoms with Crippen LogP contribution >= 0.6 is 11.6 Å². The maximum atomic E-state index is 5.85. The molecule has 2 aromatic heterocycles. The zero-order chi connectivity index (χ0) is 12.4. The number of anilines is 2. The largest absolute Gasteiger partial charge is 0.394 e. The van der Waals surface area contributed by atoms with Crippen LogP contribution in [0.4, 0.5) is 11.5 Å². The molecule has 0 aliphatic rings. The lowest BCUT2D eigenvalue weighted by atomic mass is 10.3.